The van der Waals surface area contributed by atoms with Gasteiger partial charge in [0, 0.05) is 12.8 Å². The van der Waals surface area contributed by atoms with Crippen molar-refractivity contribution in [3.63, 3.8) is 0 Å². The van der Waals surface area contributed by atoms with E-state index in [2.05, 4.69) is 0 Å². The Morgan fingerprint density at radius 1 is 1.22 bits per heavy atom. The highest BCUT2D eigenvalue weighted by atomic mass is 79.9. The van der Waals surface area contributed by atoms with Gasteiger partial charge in [0.2, 0.25) is 0 Å². The van der Waals surface area contributed by atoms with Crippen molar-refractivity contribution in [3.8, 4) is 0 Å². The van der Waals surface area contributed by atoms with Crippen molar-refractivity contribution in [2.24, 2.45) is 0 Å². The molecule has 1 heterocycles. The maximum atomic E-state index is 10.2. The fourth-order valence-corrected chi connectivity index (χ4v) is 0.565. The predicted octanol–water partition coefficient (Wildman–Crippen LogP) is 0.103. The summed E-state index contributed by atoms with van der Waals surface area (Å²) in [6.45, 7) is 0. The Morgan fingerprint density at radius 2 is 1.56 bits per heavy atom. The summed E-state index contributed by atoms with van der Waals surface area (Å²) in [7, 11) is 0. The molecule has 52 valence electrons. The lowest BCUT2D eigenvalue weighted by Crippen LogP contribution is -2.24. The average Bonchev–Trinajstić information content (AvgIpc) is 1.98. The van der Waals surface area contributed by atoms with E-state index in [1.54, 1.807) is 0 Å². The van der Waals surface area contributed by atoms with Crippen LogP contribution in [0.1, 0.15) is 12.8 Å². The number of hydroxylamine groups is 2. The van der Waals surface area contributed by atoms with Crippen LogP contribution in [0.5, 0.6) is 0 Å². The zero-order valence-electron chi connectivity index (χ0n) is 4.53. The molecule has 5 heteroatoms. The van der Waals surface area contributed by atoms with Crippen molar-refractivity contribution < 1.29 is 14.8 Å². The SMILES string of the molecule is Br.O=C1CCC(=O)N1O. The van der Waals surface area contributed by atoms with E-state index in [1.165, 1.54) is 0 Å². The van der Waals surface area contributed by atoms with E-state index in [0.29, 0.717) is 0 Å². The van der Waals surface area contributed by atoms with Gasteiger partial charge in [0.1, 0.15) is 0 Å². The number of rotatable bonds is 0. The topological polar surface area (TPSA) is 57.6 Å². The molecule has 0 aromatic rings. The maximum absolute atomic E-state index is 10.2. The molecule has 1 saturated heterocycles. The second kappa shape index (κ2) is 2.93. The highest BCUT2D eigenvalue weighted by Gasteiger charge is 2.26. The van der Waals surface area contributed by atoms with Crippen molar-refractivity contribution in [1.82, 2.24) is 5.06 Å². The molecule has 0 aromatic carbocycles. The van der Waals surface area contributed by atoms with Crippen molar-refractivity contribution >= 4 is 28.8 Å². The molecule has 0 aromatic heterocycles. The number of nitrogens with zero attached hydrogens (tertiary/aromatic N) is 1. The summed E-state index contributed by atoms with van der Waals surface area (Å²) in [5.41, 5.74) is 0. The van der Waals surface area contributed by atoms with Gasteiger partial charge in [0.25, 0.3) is 11.8 Å². The van der Waals surface area contributed by atoms with E-state index >= 15 is 0 Å². The lowest BCUT2D eigenvalue weighted by molar-refractivity contribution is -0.171. The molecule has 0 atom stereocenters. The number of hydrogen-bond acceptors (Lipinski definition) is 3. The van der Waals surface area contributed by atoms with Gasteiger partial charge in [-0.15, -0.1) is 17.0 Å². The molecular formula is C4H6BrNO3. The molecule has 0 bridgehead atoms. The Kier molecular flexibility index (Phi) is 2.80. The van der Waals surface area contributed by atoms with Crippen LogP contribution in [-0.2, 0) is 9.59 Å². The first-order valence-electron chi connectivity index (χ1n) is 2.26. The molecule has 0 radical (unpaired) electrons. The number of imide groups is 1. The number of carbonyl (C=O) groups is 2. The second-order valence-electron chi connectivity index (χ2n) is 1.60. The van der Waals surface area contributed by atoms with Crippen LogP contribution in [0.4, 0.5) is 0 Å². The Hall–Kier alpha value is -0.420. The zero-order chi connectivity index (χ0) is 6.15. The number of hydrogen-bond donors (Lipinski definition) is 1. The number of halogens is 1. The Labute approximate surface area is 62.2 Å². The van der Waals surface area contributed by atoms with Crippen molar-refractivity contribution in [1.29, 1.82) is 0 Å². The molecule has 1 rings (SSSR count). The van der Waals surface area contributed by atoms with Crippen LogP contribution in [0.2, 0.25) is 0 Å². The van der Waals surface area contributed by atoms with Crippen LogP contribution in [0.15, 0.2) is 0 Å². The first-order chi connectivity index (χ1) is 3.72. The average molecular weight is 196 g/mol. The fourth-order valence-electron chi connectivity index (χ4n) is 0.565. The van der Waals surface area contributed by atoms with Crippen LogP contribution < -0.4 is 0 Å². The van der Waals surface area contributed by atoms with E-state index in [-0.39, 0.29) is 34.9 Å². The minimum absolute atomic E-state index is 0. The van der Waals surface area contributed by atoms with E-state index < -0.39 is 11.8 Å². The van der Waals surface area contributed by atoms with Crippen molar-refractivity contribution in [3.05, 3.63) is 0 Å². The van der Waals surface area contributed by atoms with E-state index in [9.17, 15) is 9.59 Å². The lowest BCUT2D eigenvalue weighted by atomic mass is 10.4. The van der Waals surface area contributed by atoms with Crippen LogP contribution in [-0.4, -0.2) is 22.1 Å². The van der Waals surface area contributed by atoms with Gasteiger partial charge in [-0.05, 0) is 0 Å². The number of amides is 2. The molecule has 2 amide bonds. The first-order valence-corrected chi connectivity index (χ1v) is 2.26. The van der Waals surface area contributed by atoms with Gasteiger partial charge in [-0.3, -0.25) is 14.8 Å². The largest absolute Gasteiger partial charge is 0.279 e. The number of carbonyl (C=O) groups excluding carboxylic acids is 2. The molecule has 1 aliphatic rings. The maximum Gasteiger partial charge on any atom is 0.253 e. The van der Waals surface area contributed by atoms with Gasteiger partial charge >= 0.3 is 0 Å². The standard InChI is InChI=1S/C4H5NO3.BrH/c6-3-1-2-4(7)5(3)8;/h8H,1-2H2;1H. The molecule has 0 unspecified atom stereocenters. The van der Waals surface area contributed by atoms with Crippen LogP contribution in [0.25, 0.3) is 0 Å². The smallest absolute Gasteiger partial charge is 0.253 e. The molecule has 9 heavy (non-hydrogen) atoms. The molecule has 1 fully saturated rings. The van der Waals surface area contributed by atoms with Gasteiger partial charge in [-0.1, -0.05) is 0 Å². The molecule has 1 aliphatic heterocycles. The summed E-state index contributed by atoms with van der Waals surface area (Å²) in [6, 6.07) is 0. The third-order valence-corrected chi connectivity index (χ3v) is 1.03. The van der Waals surface area contributed by atoms with Crippen LogP contribution in [0.3, 0.4) is 0 Å². The second-order valence-corrected chi connectivity index (χ2v) is 1.60. The van der Waals surface area contributed by atoms with E-state index in [0.717, 1.165) is 0 Å². The lowest BCUT2D eigenvalue weighted by Gasteiger charge is -1.98. The van der Waals surface area contributed by atoms with Gasteiger partial charge < -0.3 is 0 Å². The third-order valence-electron chi connectivity index (χ3n) is 1.03. The quantitative estimate of drug-likeness (QED) is 0.441. The summed E-state index contributed by atoms with van der Waals surface area (Å²) in [6.07, 6.45) is 0.296. The summed E-state index contributed by atoms with van der Waals surface area (Å²) in [4.78, 5) is 20.5. The molecule has 0 spiro atoms. The highest BCUT2D eigenvalue weighted by Crippen LogP contribution is 2.06. The molecular weight excluding hydrogens is 190 g/mol. The highest BCUT2D eigenvalue weighted by molar-refractivity contribution is 8.93. The van der Waals surface area contributed by atoms with Gasteiger partial charge in [-0.2, -0.15) is 5.06 Å². The molecule has 1 N–H and O–H groups in total. The summed E-state index contributed by atoms with van der Waals surface area (Å²) in [5, 5.41) is 8.57. The first kappa shape index (κ1) is 8.58. The summed E-state index contributed by atoms with van der Waals surface area (Å²) in [5.74, 6) is -1.01. The Balaban J connectivity index is 0.000000640. The minimum Gasteiger partial charge on any atom is -0.279 e. The van der Waals surface area contributed by atoms with Crippen molar-refractivity contribution in [2.45, 2.75) is 12.8 Å². The van der Waals surface area contributed by atoms with Gasteiger partial charge in [0.15, 0.2) is 0 Å². The normalized spacial score (nSPS) is 18.1. The fraction of sp³-hybridized carbons (Fsp3) is 0.500. The zero-order valence-corrected chi connectivity index (χ0v) is 6.25. The van der Waals surface area contributed by atoms with Crippen LogP contribution >= 0.6 is 17.0 Å². The molecule has 0 saturated carbocycles. The van der Waals surface area contributed by atoms with Crippen LogP contribution in [0, 0.1) is 0 Å². The van der Waals surface area contributed by atoms with Gasteiger partial charge in [0.05, 0.1) is 0 Å². The Bertz CT molecular complexity index is 131. The van der Waals surface area contributed by atoms with E-state index in [4.69, 9.17) is 5.21 Å². The van der Waals surface area contributed by atoms with Gasteiger partial charge in [-0.25, -0.2) is 0 Å². The molecule has 4 nitrogen and oxygen atoms in total. The van der Waals surface area contributed by atoms with E-state index in [1.807, 2.05) is 0 Å². The summed E-state index contributed by atoms with van der Waals surface area (Å²) < 4.78 is 0. The minimum atomic E-state index is -0.505. The summed E-state index contributed by atoms with van der Waals surface area (Å²) >= 11 is 0. The third kappa shape index (κ3) is 1.49. The molecule has 0 aliphatic carbocycles. The Morgan fingerprint density at radius 3 is 1.67 bits per heavy atom. The van der Waals surface area contributed by atoms with Crippen molar-refractivity contribution in [2.75, 3.05) is 0 Å². The predicted molar refractivity (Wildman–Crippen MR) is 33.2 cm³/mol. The monoisotopic (exact) mass is 195 g/mol.